The number of aliphatic hydroxyl groups excluding tert-OH is 1. The number of anilines is 1. The van der Waals surface area contributed by atoms with Gasteiger partial charge < -0.3 is 41.3 Å². The minimum atomic E-state index is -0.881. The van der Waals surface area contributed by atoms with Crippen molar-refractivity contribution in [2.45, 2.75) is 84.7 Å². The van der Waals surface area contributed by atoms with E-state index in [0.717, 1.165) is 73.0 Å². The number of nitrogens with zero attached hydrogens (tertiary/aromatic N) is 8. The Morgan fingerprint density at radius 2 is 1.65 bits per heavy atom. The zero-order chi connectivity index (χ0) is 44.8. The highest BCUT2D eigenvalue weighted by Gasteiger charge is 2.44. The molecule has 7 rings (SSSR count). The van der Waals surface area contributed by atoms with Crippen LogP contribution in [0.15, 0.2) is 72.5 Å². The Hall–Kier alpha value is -5.75. The van der Waals surface area contributed by atoms with Gasteiger partial charge in [-0.15, -0.1) is 21.5 Å². The van der Waals surface area contributed by atoms with Crippen LogP contribution < -0.4 is 16.4 Å². The molecule has 0 aliphatic carbocycles. The van der Waals surface area contributed by atoms with Crippen LogP contribution in [0.4, 0.5) is 5.82 Å². The number of nitrogens with one attached hydrogen (secondary N) is 2. The Morgan fingerprint density at radius 1 is 0.937 bits per heavy atom. The van der Waals surface area contributed by atoms with Gasteiger partial charge in [0.15, 0.2) is 5.82 Å². The van der Waals surface area contributed by atoms with E-state index in [2.05, 4.69) is 40.7 Å². The molecule has 2 aliphatic heterocycles. The standard InChI is InChI=1S/C46H59N11O5S/c1-29(31-11-13-32(14-12-31)41-30(2)48-28-63-41)50-44(61)38-23-34(58)27-57(38)45(62)42(46(3,4)5)51-40(60)15-18-55-21-19-54(20-22-55)16-8-17-56-26-33(25-49-56)36-24-37(52-53-43(36)47)35-9-6-7-10-39(35)59/h6-7,9-14,24-26,28-29,34,38,42,58-59H,8,15-23,27H2,1-5H3,(H2,47,53)(H,50,61)(H,51,60). The van der Waals surface area contributed by atoms with Gasteiger partial charge in [0.05, 0.1) is 40.1 Å². The van der Waals surface area contributed by atoms with Crippen molar-refractivity contribution >= 4 is 34.9 Å². The first-order chi connectivity index (χ1) is 30.1. The SMILES string of the molecule is Cc1ncsc1-c1ccc(C(C)NC(=O)C2CC(O)CN2C(=O)C(NC(=O)CCN2CCN(CCCn3cc(-c4cc(-c5ccccc5O)nnc4N)cn3)CC2)C(C)(C)C)cc1. The highest BCUT2D eigenvalue weighted by Crippen LogP contribution is 2.33. The quantitative estimate of drug-likeness (QED) is 0.0986. The summed E-state index contributed by atoms with van der Waals surface area (Å²) in [6.45, 7) is 15.2. The number of aliphatic hydroxyl groups is 1. The third-order valence-electron chi connectivity index (χ3n) is 12.0. The summed E-state index contributed by atoms with van der Waals surface area (Å²) >= 11 is 1.58. The van der Waals surface area contributed by atoms with Crippen molar-refractivity contribution in [1.82, 2.24) is 50.3 Å². The molecule has 63 heavy (non-hydrogen) atoms. The number of amides is 3. The number of thiazole rings is 1. The number of hydrogen-bond donors (Lipinski definition) is 5. The van der Waals surface area contributed by atoms with Crippen LogP contribution in [-0.4, -0.2) is 132 Å². The number of piperazine rings is 1. The van der Waals surface area contributed by atoms with Gasteiger partial charge >= 0.3 is 0 Å². The normalized spacial score (nSPS) is 18.3. The molecule has 2 saturated heterocycles. The monoisotopic (exact) mass is 877 g/mol. The fourth-order valence-corrected chi connectivity index (χ4v) is 9.09. The summed E-state index contributed by atoms with van der Waals surface area (Å²) in [6, 6.07) is 14.7. The van der Waals surface area contributed by atoms with Crippen molar-refractivity contribution in [1.29, 1.82) is 0 Å². The van der Waals surface area contributed by atoms with Gasteiger partial charge in [-0.05, 0) is 61.6 Å². The third-order valence-corrected chi connectivity index (χ3v) is 13.0. The number of nitrogens with two attached hydrogens (primary N) is 1. The molecule has 2 fully saturated rings. The molecule has 5 heterocycles. The summed E-state index contributed by atoms with van der Waals surface area (Å²) < 4.78 is 1.90. The maximum absolute atomic E-state index is 14.2. The summed E-state index contributed by atoms with van der Waals surface area (Å²) in [6.07, 6.45) is 4.11. The van der Waals surface area contributed by atoms with Crippen molar-refractivity contribution < 1.29 is 24.6 Å². The second-order valence-corrected chi connectivity index (χ2v) is 18.6. The number of aromatic nitrogens is 5. The smallest absolute Gasteiger partial charge is 0.246 e. The van der Waals surface area contributed by atoms with Gasteiger partial charge in [-0.1, -0.05) is 57.2 Å². The van der Waals surface area contributed by atoms with E-state index in [1.54, 1.807) is 35.7 Å². The van der Waals surface area contributed by atoms with E-state index in [1.165, 1.54) is 4.90 Å². The first-order valence-electron chi connectivity index (χ1n) is 21.6. The lowest BCUT2D eigenvalue weighted by Gasteiger charge is -2.36. The summed E-state index contributed by atoms with van der Waals surface area (Å²) in [5.41, 5.74) is 12.9. The van der Waals surface area contributed by atoms with Gasteiger partial charge in [-0.25, -0.2) is 4.98 Å². The molecule has 3 amide bonds. The van der Waals surface area contributed by atoms with Gasteiger partial charge in [0.1, 0.15) is 17.8 Å². The zero-order valence-corrected chi connectivity index (χ0v) is 37.5. The number of benzene rings is 2. The lowest BCUT2D eigenvalue weighted by Crippen LogP contribution is -2.58. The van der Waals surface area contributed by atoms with Gasteiger partial charge in [-0.2, -0.15) is 5.10 Å². The first-order valence-corrected chi connectivity index (χ1v) is 22.5. The third kappa shape index (κ3) is 11.1. The lowest BCUT2D eigenvalue weighted by molar-refractivity contribution is -0.144. The number of hydrogen-bond acceptors (Lipinski definition) is 13. The van der Waals surface area contributed by atoms with Crippen LogP contribution in [0.5, 0.6) is 5.75 Å². The Morgan fingerprint density at radius 3 is 2.33 bits per heavy atom. The number of aryl methyl sites for hydroxylation is 2. The average Bonchev–Trinajstić information content (AvgIpc) is 4.02. The molecule has 6 N–H and O–H groups in total. The number of phenolic OH excluding ortho intramolecular Hbond substituents is 1. The zero-order valence-electron chi connectivity index (χ0n) is 36.7. The molecule has 334 valence electrons. The van der Waals surface area contributed by atoms with E-state index in [-0.39, 0.29) is 54.7 Å². The topological polar surface area (TPSA) is 208 Å². The number of phenols is 1. The number of likely N-dealkylation sites (tertiary alicyclic amines) is 1. The molecule has 0 radical (unpaired) electrons. The number of aromatic hydroxyl groups is 1. The minimum absolute atomic E-state index is 0.0189. The molecule has 0 saturated carbocycles. The predicted molar refractivity (Wildman–Crippen MR) is 243 cm³/mol. The van der Waals surface area contributed by atoms with Crippen LogP contribution in [0, 0.1) is 12.3 Å². The molecule has 5 aromatic rings. The Kier molecular flexibility index (Phi) is 14.2. The highest BCUT2D eigenvalue weighted by atomic mass is 32.1. The van der Waals surface area contributed by atoms with E-state index in [0.29, 0.717) is 23.4 Å². The Bertz CT molecular complexity index is 2370. The molecule has 0 spiro atoms. The van der Waals surface area contributed by atoms with E-state index in [9.17, 15) is 24.6 Å². The fraction of sp³-hybridized carbons (Fsp3) is 0.457. The maximum Gasteiger partial charge on any atom is 0.246 e. The summed E-state index contributed by atoms with van der Waals surface area (Å²) in [5, 5.41) is 39.9. The second-order valence-electron chi connectivity index (χ2n) is 17.7. The molecular weight excluding hydrogens is 819 g/mol. The molecule has 3 aromatic heterocycles. The number of β-amino-alcohol motifs (C(OH)–C–C–N with tert-alkyl or cyclic N) is 1. The molecule has 4 unspecified atom stereocenters. The van der Waals surface area contributed by atoms with E-state index in [1.807, 2.05) is 87.4 Å². The number of nitrogen functional groups attached to an aromatic ring is 1. The van der Waals surface area contributed by atoms with Crippen LogP contribution in [0.3, 0.4) is 0 Å². The van der Waals surface area contributed by atoms with Crippen molar-refractivity contribution in [3.8, 4) is 38.6 Å². The first kappa shape index (κ1) is 45.3. The molecule has 17 heteroatoms. The summed E-state index contributed by atoms with van der Waals surface area (Å²) in [7, 11) is 0. The van der Waals surface area contributed by atoms with Crippen molar-refractivity contribution in [2.24, 2.45) is 5.41 Å². The number of para-hydroxylation sites is 1. The van der Waals surface area contributed by atoms with Crippen LogP contribution in [0.1, 0.15) is 64.3 Å². The predicted octanol–water partition coefficient (Wildman–Crippen LogP) is 4.49. The highest BCUT2D eigenvalue weighted by molar-refractivity contribution is 7.13. The summed E-state index contributed by atoms with van der Waals surface area (Å²) in [5.74, 6) is -0.533. The molecule has 2 aliphatic rings. The Balaban J connectivity index is 0.851. The summed E-state index contributed by atoms with van der Waals surface area (Å²) in [4.78, 5) is 52.8. The van der Waals surface area contributed by atoms with Crippen molar-refractivity contribution in [3.63, 3.8) is 0 Å². The van der Waals surface area contributed by atoms with Crippen LogP contribution in [0.25, 0.3) is 32.8 Å². The molecular formula is C46H59N11O5S. The largest absolute Gasteiger partial charge is 0.507 e. The molecule has 0 bridgehead atoms. The fourth-order valence-electron chi connectivity index (χ4n) is 8.28. The number of carbonyl (C=O) groups is 3. The van der Waals surface area contributed by atoms with Crippen LogP contribution >= 0.6 is 11.3 Å². The lowest BCUT2D eigenvalue weighted by atomic mass is 9.85. The van der Waals surface area contributed by atoms with Gasteiger partial charge in [0.2, 0.25) is 17.7 Å². The minimum Gasteiger partial charge on any atom is -0.507 e. The van der Waals surface area contributed by atoms with E-state index in [4.69, 9.17) is 5.73 Å². The van der Waals surface area contributed by atoms with Crippen LogP contribution in [-0.2, 0) is 20.9 Å². The molecule has 16 nitrogen and oxygen atoms in total. The number of rotatable bonds is 15. The van der Waals surface area contributed by atoms with Crippen molar-refractivity contribution in [3.05, 3.63) is 83.8 Å². The molecule has 2 aromatic carbocycles. The maximum atomic E-state index is 14.2. The van der Waals surface area contributed by atoms with E-state index < -0.39 is 23.6 Å². The Labute approximate surface area is 372 Å². The van der Waals surface area contributed by atoms with Gasteiger partial charge in [-0.3, -0.25) is 19.1 Å². The average molecular weight is 878 g/mol. The second kappa shape index (κ2) is 19.7. The van der Waals surface area contributed by atoms with Crippen molar-refractivity contribution in [2.75, 3.05) is 51.5 Å². The molecule has 4 atom stereocenters. The van der Waals surface area contributed by atoms with Gasteiger partial charge in [0.25, 0.3) is 0 Å². The number of carbonyl (C=O) groups excluding carboxylic acids is 3. The van der Waals surface area contributed by atoms with E-state index >= 15 is 0 Å². The van der Waals surface area contributed by atoms with Crippen LogP contribution in [0.2, 0.25) is 0 Å². The van der Waals surface area contributed by atoms with Gasteiger partial charge in [0, 0.05) is 81.5 Å².